The Labute approximate surface area is 457 Å². The van der Waals surface area contributed by atoms with Crippen molar-refractivity contribution in [2.24, 2.45) is 0 Å². The van der Waals surface area contributed by atoms with Gasteiger partial charge in [-0.1, -0.05) is 275 Å². The second kappa shape index (κ2) is 63.1. The van der Waals surface area contributed by atoms with Crippen molar-refractivity contribution in [3.05, 3.63) is 146 Å². The number of rotatable bonds is 54. The average Bonchev–Trinajstić information content (AvgIpc) is 3.40. The van der Waals surface area contributed by atoms with E-state index in [9.17, 15) is 14.7 Å². The van der Waals surface area contributed by atoms with Gasteiger partial charge in [-0.25, -0.2) is 0 Å². The third-order valence-corrected chi connectivity index (χ3v) is 12.6. The topological polar surface area (TPSA) is 72.8 Å². The highest BCUT2D eigenvalue weighted by molar-refractivity contribution is 5.70. The van der Waals surface area contributed by atoms with Crippen LogP contribution in [0, 0.1) is 0 Å². The van der Waals surface area contributed by atoms with Crippen LogP contribution in [-0.4, -0.2) is 36.4 Å². The number of aliphatic hydroxyl groups is 1. The first kappa shape index (κ1) is 69.8. The summed E-state index contributed by atoms with van der Waals surface area (Å²) < 4.78 is 10.7. The highest BCUT2D eigenvalue weighted by Crippen LogP contribution is 2.16. The molecule has 0 saturated carbocycles. The van der Waals surface area contributed by atoms with Crippen LogP contribution in [0.3, 0.4) is 0 Å². The Morgan fingerprint density at radius 1 is 0.311 bits per heavy atom. The van der Waals surface area contributed by atoms with E-state index in [4.69, 9.17) is 9.47 Å². The van der Waals surface area contributed by atoms with E-state index in [1.54, 1.807) is 0 Å². The number of hydrogen-bond acceptors (Lipinski definition) is 5. The molecule has 0 aliphatic rings. The fraction of sp³-hybridized carbons (Fsp3) is 0.623. The Kier molecular flexibility index (Phi) is 59.5. The van der Waals surface area contributed by atoms with E-state index in [0.717, 1.165) is 122 Å². The molecule has 5 heteroatoms. The molecule has 1 N–H and O–H groups in total. The summed E-state index contributed by atoms with van der Waals surface area (Å²) in [6, 6.07) is 0. The van der Waals surface area contributed by atoms with Crippen LogP contribution in [-0.2, 0) is 19.1 Å². The third kappa shape index (κ3) is 60.3. The zero-order valence-corrected chi connectivity index (χ0v) is 47.8. The van der Waals surface area contributed by atoms with Gasteiger partial charge >= 0.3 is 11.9 Å². The minimum absolute atomic E-state index is 0.0808. The van der Waals surface area contributed by atoms with Crippen LogP contribution in [0.25, 0.3) is 0 Å². The summed E-state index contributed by atoms with van der Waals surface area (Å²) in [6.45, 7) is 3.90. The molecule has 0 aliphatic heterocycles. The highest BCUT2D eigenvalue weighted by atomic mass is 16.6. The van der Waals surface area contributed by atoms with Gasteiger partial charge in [0.1, 0.15) is 6.61 Å². The predicted octanol–water partition coefficient (Wildman–Crippen LogP) is 21.0. The standard InChI is InChI=1S/C69H112O5/c1-3-5-7-9-11-13-15-17-19-21-23-25-27-29-30-31-32-33-34-35-36-37-38-40-42-44-46-48-50-52-54-56-58-60-62-64-69(72)74-67(65-70)66-73-68(71)63-61-59-57-55-53-51-49-47-45-43-41-39-28-26-24-22-20-18-16-14-12-10-8-6-4-2/h5-8,11-14,17-20,23-26,29-30,32-33,39,41,45,47,67,70H,3-4,9-10,15-16,21-22,27-28,31,34-38,40,42-44,46,48-66H2,1-2H3/b7-5-,8-6-,13-11-,14-12-,19-17-,20-18-,25-23-,26-24-,30-29-,33-32-,41-39-,47-45-. The van der Waals surface area contributed by atoms with Gasteiger partial charge in [-0.05, 0) is 116 Å². The molecule has 5 nitrogen and oxygen atoms in total. The van der Waals surface area contributed by atoms with Gasteiger partial charge in [0.25, 0.3) is 0 Å². The van der Waals surface area contributed by atoms with Crippen LogP contribution in [0.1, 0.15) is 258 Å². The minimum Gasteiger partial charge on any atom is -0.462 e. The molecule has 0 radical (unpaired) electrons. The Bertz CT molecular complexity index is 1580. The van der Waals surface area contributed by atoms with E-state index in [1.165, 1.54) is 109 Å². The van der Waals surface area contributed by atoms with Crippen LogP contribution in [0.2, 0.25) is 0 Å². The van der Waals surface area contributed by atoms with Gasteiger partial charge in [0.05, 0.1) is 6.61 Å². The third-order valence-electron chi connectivity index (χ3n) is 12.6. The lowest BCUT2D eigenvalue weighted by atomic mass is 10.0. The largest absolute Gasteiger partial charge is 0.462 e. The summed E-state index contributed by atoms with van der Waals surface area (Å²) in [6.07, 6.45) is 95.4. The van der Waals surface area contributed by atoms with Crippen LogP contribution in [0.15, 0.2) is 146 Å². The number of ether oxygens (including phenoxy) is 2. The van der Waals surface area contributed by atoms with E-state index >= 15 is 0 Å². The van der Waals surface area contributed by atoms with Crippen molar-refractivity contribution in [3.63, 3.8) is 0 Å². The van der Waals surface area contributed by atoms with Crippen molar-refractivity contribution >= 4 is 11.9 Å². The fourth-order valence-corrected chi connectivity index (χ4v) is 8.15. The normalized spacial score (nSPS) is 13.3. The molecular weight excluding hydrogens is 909 g/mol. The number of unbranched alkanes of at least 4 members (excludes halogenated alkanes) is 22. The molecule has 0 bridgehead atoms. The Balaban J connectivity index is 3.54. The molecule has 0 aromatic carbocycles. The Morgan fingerprint density at radius 2 is 0.541 bits per heavy atom. The van der Waals surface area contributed by atoms with Crippen molar-refractivity contribution in [2.45, 2.75) is 264 Å². The summed E-state index contributed by atoms with van der Waals surface area (Å²) in [5, 5.41) is 9.67. The molecule has 0 rings (SSSR count). The zero-order valence-electron chi connectivity index (χ0n) is 47.8. The van der Waals surface area contributed by atoms with Crippen molar-refractivity contribution in [3.8, 4) is 0 Å². The maximum absolute atomic E-state index is 12.3. The summed E-state index contributed by atoms with van der Waals surface area (Å²) in [5.41, 5.74) is 0. The lowest BCUT2D eigenvalue weighted by Gasteiger charge is -2.15. The lowest BCUT2D eigenvalue weighted by molar-refractivity contribution is -0.161. The number of hydrogen-bond donors (Lipinski definition) is 1. The van der Waals surface area contributed by atoms with E-state index in [0.29, 0.717) is 12.8 Å². The average molecular weight is 1020 g/mol. The number of allylic oxidation sites excluding steroid dienone is 24. The smallest absolute Gasteiger partial charge is 0.306 e. The van der Waals surface area contributed by atoms with Crippen molar-refractivity contribution in [1.82, 2.24) is 0 Å². The van der Waals surface area contributed by atoms with Crippen LogP contribution >= 0.6 is 0 Å². The van der Waals surface area contributed by atoms with Crippen LogP contribution < -0.4 is 0 Å². The van der Waals surface area contributed by atoms with Crippen LogP contribution in [0.4, 0.5) is 0 Å². The maximum Gasteiger partial charge on any atom is 0.306 e. The van der Waals surface area contributed by atoms with E-state index in [-0.39, 0.29) is 25.2 Å². The van der Waals surface area contributed by atoms with E-state index < -0.39 is 6.10 Å². The first-order chi connectivity index (χ1) is 36.6. The summed E-state index contributed by atoms with van der Waals surface area (Å²) in [7, 11) is 0. The number of aliphatic hydroxyl groups excluding tert-OH is 1. The monoisotopic (exact) mass is 1020 g/mol. The predicted molar refractivity (Wildman–Crippen MR) is 324 cm³/mol. The van der Waals surface area contributed by atoms with Crippen LogP contribution in [0.5, 0.6) is 0 Å². The molecule has 0 fully saturated rings. The molecule has 0 aliphatic carbocycles. The molecule has 0 aromatic heterocycles. The van der Waals surface area contributed by atoms with Gasteiger partial charge in [0, 0.05) is 12.8 Å². The molecule has 0 spiro atoms. The molecule has 0 saturated heterocycles. The summed E-state index contributed by atoms with van der Waals surface area (Å²) in [4.78, 5) is 24.6. The van der Waals surface area contributed by atoms with Crippen molar-refractivity contribution in [2.75, 3.05) is 13.2 Å². The number of esters is 2. The Hall–Kier alpha value is -4.22. The maximum atomic E-state index is 12.3. The van der Waals surface area contributed by atoms with Gasteiger partial charge < -0.3 is 14.6 Å². The quantitative estimate of drug-likeness (QED) is 0.0373. The highest BCUT2D eigenvalue weighted by Gasteiger charge is 2.16. The molecule has 0 aromatic rings. The zero-order chi connectivity index (χ0) is 53.4. The lowest BCUT2D eigenvalue weighted by Crippen LogP contribution is -2.28. The van der Waals surface area contributed by atoms with Gasteiger partial charge in [-0.2, -0.15) is 0 Å². The number of carbonyl (C=O) groups excluding carboxylic acids is 2. The second-order valence-corrected chi connectivity index (χ2v) is 19.7. The number of carbonyl (C=O) groups is 2. The molecule has 0 heterocycles. The van der Waals surface area contributed by atoms with Gasteiger partial charge in [-0.15, -0.1) is 0 Å². The minimum atomic E-state index is -0.789. The Morgan fingerprint density at radius 3 is 0.811 bits per heavy atom. The van der Waals surface area contributed by atoms with Gasteiger partial charge in [-0.3, -0.25) is 9.59 Å². The molecule has 0 amide bonds. The molecule has 1 unspecified atom stereocenters. The SMILES string of the molecule is CC/C=C\C/C=C\C/C=C\C/C=C\C/C=C\C/C=C\CCCCCCCCCCCCCCCCCCC(=O)OC(CO)COC(=O)CCCCCCCC/C=C\C/C=C\C/C=C\C/C=C\C/C=C\C/C=C\CC. The van der Waals surface area contributed by atoms with Crippen molar-refractivity contribution in [1.29, 1.82) is 0 Å². The van der Waals surface area contributed by atoms with Crippen molar-refractivity contribution < 1.29 is 24.2 Å². The van der Waals surface area contributed by atoms with Gasteiger partial charge in [0.15, 0.2) is 6.10 Å². The first-order valence-electron chi connectivity index (χ1n) is 30.4. The molecular formula is C69H112O5. The summed E-state index contributed by atoms with van der Waals surface area (Å²) >= 11 is 0. The van der Waals surface area contributed by atoms with E-state index in [1.807, 2.05) is 0 Å². The van der Waals surface area contributed by atoms with Gasteiger partial charge in [0.2, 0.25) is 0 Å². The molecule has 1 atom stereocenters. The molecule has 74 heavy (non-hydrogen) atoms. The second-order valence-electron chi connectivity index (χ2n) is 19.7. The molecule has 418 valence electrons. The van der Waals surface area contributed by atoms with E-state index in [2.05, 4.69) is 160 Å². The first-order valence-corrected chi connectivity index (χ1v) is 30.4. The summed E-state index contributed by atoms with van der Waals surface area (Å²) in [5.74, 6) is -0.611. The fourth-order valence-electron chi connectivity index (χ4n) is 8.15.